The second kappa shape index (κ2) is 12.8. The Morgan fingerprint density at radius 2 is 1.13 bits per heavy atom. The van der Waals surface area contributed by atoms with Crippen molar-refractivity contribution in [2.75, 3.05) is 0 Å². The van der Waals surface area contributed by atoms with Crippen molar-refractivity contribution < 1.29 is 35.9 Å². The Hall–Kier alpha value is -3.22. The molecular formula is C28H35N3O6S2. The van der Waals surface area contributed by atoms with Crippen LogP contribution in [0.4, 0.5) is 0 Å². The summed E-state index contributed by atoms with van der Waals surface area (Å²) in [6.07, 6.45) is 10.4. The molecular weight excluding hydrogens is 538 g/mol. The van der Waals surface area contributed by atoms with Gasteiger partial charge in [-0.1, -0.05) is 35.4 Å². The van der Waals surface area contributed by atoms with E-state index in [2.05, 4.69) is 9.98 Å². The molecule has 9 nitrogen and oxygen atoms in total. The van der Waals surface area contributed by atoms with Crippen molar-refractivity contribution >= 4 is 26.5 Å². The second-order valence-corrected chi connectivity index (χ2v) is 12.2. The van der Waals surface area contributed by atoms with Crippen molar-refractivity contribution in [1.82, 2.24) is 0 Å². The average Bonchev–Trinajstić information content (AvgIpc) is 2.78. The number of nitrogens with one attached hydrogen (secondary N) is 2. The summed E-state index contributed by atoms with van der Waals surface area (Å²) in [7, 11) is -8.66. The molecule has 4 N–H and O–H groups in total. The molecule has 0 bridgehead atoms. The molecule has 0 radical (unpaired) electrons. The van der Waals surface area contributed by atoms with Crippen LogP contribution >= 0.6 is 0 Å². The van der Waals surface area contributed by atoms with Gasteiger partial charge < -0.3 is 14.8 Å². The van der Waals surface area contributed by atoms with E-state index in [9.17, 15) is 25.9 Å². The molecule has 210 valence electrons. The topological polar surface area (TPSA) is 169 Å². The molecule has 0 aliphatic carbocycles. The van der Waals surface area contributed by atoms with E-state index >= 15 is 0 Å². The van der Waals surface area contributed by atoms with E-state index in [-0.39, 0.29) is 15.3 Å². The van der Waals surface area contributed by atoms with Gasteiger partial charge in [-0.25, -0.2) is 26.8 Å². The molecule has 1 atom stereocenters. The third kappa shape index (κ3) is 8.91. The number of nitrogens with two attached hydrogens (primary N) is 1. The summed E-state index contributed by atoms with van der Waals surface area (Å²) in [5.74, 6) is 0. The van der Waals surface area contributed by atoms with Gasteiger partial charge in [0.1, 0.15) is 26.5 Å². The van der Waals surface area contributed by atoms with Gasteiger partial charge >= 0.3 is 0 Å². The molecule has 0 saturated heterocycles. The highest BCUT2D eigenvalue weighted by molar-refractivity contribution is 7.86. The Morgan fingerprint density at radius 3 is 1.44 bits per heavy atom. The van der Waals surface area contributed by atoms with Gasteiger partial charge in [0, 0.05) is 18.2 Å². The van der Waals surface area contributed by atoms with Crippen LogP contribution in [0.1, 0.15) is 45.4 Å². The molecule has 1 unspecified atom stereocenters. The van der Waals surface area contributed by atoms with E-state index in [1.54, 1.807) is 52.0 Å². The van der Waals surface area contributed by atoms with E-state index in [0.717, 1.165) is 23.1 Å². The number of aromatic amines is 1. The Labute approximate surface area is 231 Å². The number of rotatable bonds is 3. The van der Waals surface area contributed by atoms with Crippen molar-refractivity contribution in [3.8, 4) is 0 Å². The normalized spacial score (nSPS) is 16.5. The lowest BCUT2D eigenvalue weighted by Crippen LogP contribution is -2.65. The lowest BCUT2D eigenvalue weighted by atomic mass is 9.88. The average molecular weight is 574 g/mol. The summed E-state index contributed by atoms with van der Waals surface area (Å²) >= 11 is 0. The molecule has 4 rings (SSSR count). The van der Waals surface area contributed by atoms with Crippen molar-refractivity contribution in [3.63, 3.8) is 0 Å². The van der Waals surface area contributed by atoms with E-state index in [0.29, 0.717) is 22.3 Å². The van der Waals surface area contributed by atoms with Gasteiger partial charge in [-0.3, -0.25) is 0 Å². The molecule has 3 aromatic rings. The van der Waals surface area contributed by atoms with Crippen LogP contribution in [0.15, 0.2) is 70.9 Å². The van der Waals surface area contributed by atoms with Crippen molar-refractivity contribution in [2.24, 2.45) is 5.73 Å². The molecule has 2 heterocycles. The summed E-state index contributed by atoms with van der Waals surface area (Å²) in [6.45, 7) is 10.2. The standard InChI is InChI=1S/C10H11N3.2C9H12O3S/c11-10(3-7-13-8-4-10)9-1-5-12-6-2-9;2*1-6-4-7(2)9(8(3)5-6)13(10,11)12/h1-3,5-8H,4,11H2;2*4-5H,1-3H3,(H,10,11,12). The number of hydrogen-bond donors (Lipinski definition) is 2. The van der Waals surface area contributed by atoms with E-state index < -0.39 is 20.2 Å². The van der Waals surface area contributed by atoms with E-state index in [4.69, 9.17) is 5.73 Å². The first-order valence-electron chi connectivity index (χ1n) is 12.0. The minimum absolute atomic E-state index is 0.0851. The van der Waals surface area contributed by atoms with E-state index in [1.807, 2.05) is 56.9 Å². The smallest absolute Gasteiger partial charge is 0.167 e. The first kappa shape index (κ1) is 32.0. The van der Waals surface area contributed by atoms with Crippen LogP contribution in [0.5, 0.6) is 0 Å². The molecule has 2 aromatic carbocycles. The minimum atomic E-state index is -4.33. The van der Waals surface area contributed by atoms with Crippen LogP contribution in [-0.2, 0) is 25.8 Å². The Bertz CT molecular complexity index is 1470. The molecule has 39 heavy (non-hydrogen) atoms. The zero-order valence-corrected chi connectivity index (χ0v) is 24.5. The second-order valence-electron chi connectivity index (χ2n) is 9.60. The monoisotopic (exact) mass is 573 g/mol. The number of H-pyrrole nitrogens is 1. The maximum absolute atomic E-state index is 10.8. The fraction of sp³-hybridized carbons (Fsp3) is 0.286. The predicted octanol–water partition coefficient (Wildman–Crippen LogP) is 1.76. The molecule has 1 aliphatic rings. The first-order valence-corrected chi connectivity index (χ1v) is 14.9. The highest BCUT2D eigenvalue weighted by Crippen LogP contribution is 2.23. The largest absolute Gasteiger partial charge is 0.744 e. The minimum Gasteiger partial charge on any atom is -0.744 e. The fourth-order valence-electron chi connectivity index (χ4n) is 4.59. The van der Waals surface area contributed by atoms with Gasteiger partial charge in [-0.05, 0) is 69.4 Å². The molecule has 0 spiro atoms. The number of pyridine rings is 1. The van der Waals surface area contributed by atoms with Gasteiger partial charge in [-0.2, -0.15) is 0 Å². The van der Waals surface area contributed by atoms with Crippen LogP contribution in [0.25, 0.3) is 0 Å². The lowest BCUT2D eigenvalue weighted by Gasteiger charge is -2.22. The van der Waals surface area contributed by atoms with Gasteiger partial charge in [0.15, 0.2) is 18.6 Å². The first-order chi connectivity index (χ1) is 18.0. The maximum atomic E-state index is 10.8. The fourth-order valence-corrected chi connectivity index (χ4v) is 6.41. The van der Waals surface area contributed by atoms with Crippen LogP contribution in [0, 0.1) is 41.5 Å². The molecule has 1 aromatic heterocycles. The van der Waals surface area contributed by atoms with Gasteiger partial charge in [0.05, 0.1) is 21.8 Å². The highest BCUT2D eigenvalue weighted by atomic mass is 32.2. The van der Waals surface area contributed by atoms with Crippen LogP contribution < -0.4 is 15.7 Å². The van der Waals surface area contributed by atoms with Crippen LogP contribution in [0.2, 0.25) is 0 Å². The Balaban J connectivity index is 0.000000205. The van der Waals surface area contributed by atoms with Gasteiger partial charge in [0.2, 0.25) is 0 Å². The Kier molecular flexibility index (Phi) is 10.5. The number of hydrogen-bond acceptors (Lipinski definition) is 7. The number of aromatic nitrogens is 1. The van der Waals surface area contributed by atoms with Gasteiger partial charge in [0.25, 0.3) is 0 Å². The molecule has 11 heteroatoms. The zero-order valence-electron chi connectivity index (χ0n) is 22.9. The van der Waals surface area contributed by atoms with E-state index in [1.165, 1.54) is 0 Å². The third-order valence-electron chi connectivity index (χ3n) is 6.00. The number of aryl methyl sites for hydroxylation is 6. The van der Waals surface area contributed by atoms with Crippen molar-refractivity contribution in [2.45, 2.75) is 63.3 Å². The summed E-state index contributed by atoms with van der Waals surface area (Å²) in [5.41, 5.74) is 11.0. The summed E-state index contributed by atoms with van der Waals surface area (Å²) in [4.78, 5) is 5.83. The summed E-state index contributed by atoms with van der Waals surface area (Å²) < 4.78 is 65.0. The SMILES string of the molecule is Cc1cc(C)c(S(=O)(=O)[O-])c(C)c1.Cc1cc(C)c(S(=O)(=O)[O-])c(C)c1.NC1(c2cc[nH+]cc2)C=C[NH+]=CC1. The molecule has 0 saturated carbocycles. The zero-order chi connectivity index (χ0) is 29.6. The predicted molar refractivity (Wildman–Crippen MR) is 147 cm³/mol. The summed E-state index contributed by atoms with van der Waals surface area (Å²) in [6, 6.07) is 10.8. The third-order valence-corrected chi connectivity index (χ3v) is 8.29. The maximum Gasteiger partial charge on any atom is 0.167 e. The van der Waals surface area contributed by atoms with Crippen molar-refractivity contribution in [3.05, 3.63) is 100 Å². The summed E-state index contributed by atoms with van der Waals surface area (Å²) in [5, 5.41) is 0. The Morgan fingerprint density at radius 1 is 0.744 bits per heavy atom. The van der Waals surface area contributed by atoms with Crippen LogP contribution in [0.3, 0.4) is 0 Å². The number of benzene rings is 2. The quantitative estimate of drug-likeness (QED) is 0.450. The van der Waals surface area contributed by atoms with Gasteiger partial charge in [-0.15, -0.1) is 0 Å². The highest BCUT2D eigenvalue weighted by Gasteiger charge is 2.27. The molecule has 0 amide bonds. The van der Waals surface area contributed by atoms with Crippen molar-refractivity contribution in [1.29, 1.82) is 0 Å². The van der Waals surface area contributed by atoms with Crippen LogP contribution in [-0.4, -0.2) is 32.2 Å². The molecule has 0 fully saturated rings. The lowest BCUT2D eigenvalue weighted by molar-refractivity contribution is -0.378. The molecule has 1 aliphatic heterocycles.